The highest BCUT2D eigenvalue weighted by atomic mass is 127. The molecule has 2 aromatic carbocycles. The molecule has 25 heavy (non-hydrogen) atoms. The summed E-state index contributed by atoms with van der Waals surface area (Å²) in [5.74, 6) is -0.121. The van der Waals surface area contributed by atoms with E-state index < -0.39 is 16.1 Å². The number of ether oxygens (including phenoxy) is 1. The number of esters is 1. The highest BCUT2D eigenvalue weighted by molar-refractivity contribution is 14.1. The molecule has 5 nitrogen and oxygen atoms in total. The lowest BCUT2D eigenvalue weighted by molar-refractivity contribution is 0.0732. The molecule has 0 atom stereocenters. The second-order valence-electron chi connectivity index (χ2n) is 5.49. The molecule has 132 valence electrons. The van der Waals surface area contributed by atoms with Gasteiger partial charge in [0.2, 0.25) is 0 Å². The second kappa shape index (κ2) is 7.56. The maximum atomic E-state index is 12.6. The molecule has 3 rings (SSSR count). The number of hydrogen-bond donors (Lipinski definition) is 1. The van der Waals surface area contributed by atoms with Gasteiger partial charge >= 0.3 is 5.97 Å². The van der Waals surface area contributed by atoms with Crippen LogP contribution in [0.4, 0.5) is 0 Å². The lowest BCUT2D eigenvalue weighted by Crippen LogP contribution is -2.13. The van der Waals surface area contributed by atoms with E-state index in [0.29, 0.717) is 35.3 Å². The topological polar surface area (TPSA) is 80.7 Å². The Morgan fingerprint density at radius 3 is 2.44 bits per heavy atom. The van der Waals surface area contributed by atoms with Crippen LogP contribution in [0.15, 0.2) is 29.2 Å². The Labute approximate surface area is 186 Å². The average molecular weight is 696 g/mol. The zero-order valence-electron chi connectivity index (χ0n) is 12.6. The Hall–Kier alpha value is 0.0100. The van der Waals surface area contributed by atoms with E-state index in [1.165, 1.54) is 12.1 Å². The van der Waals surface area contributed by atoms with Crippen molar-refractivity contribution in [2.45, 2.75) is 24.2 Å². The second-order valence-corrected chi connectivity index (χ2v) is 10.4. The van der Waals surface area contributed by atoms with Crippen molar-refractivity contribution in [3.05, 3.63) is 51.7 Å². The van der Waals surface area contributed by atoms with E-state index in [1.807, 2.05) is 6.07 Å². The molecule has 0 aliphatic heterocycles. The molecule has 0 unspecified atom stereocenters. The molecule has 1 aliphatic carbocycles. The first-order valence-corrected chi connectivity index (χ1v) is 11.8. The zero-order chi connectivity index (χ0) is 18.4. The molecule has 0 saturated heterocycles. The fraction of sp³-hybridized carbons (Fsp3) is 0.188. The van der Waals surface area contributed by atoms with Crippen molar-refractivity contribution in [3.63, 3.8) is 0 Å². The Kier molecular flexibility index (Phi) is 5.98. The van der Waals surface area contributed by atoms with Crippen molar-refractivity contribution in [3.8, 4) is 5.75 Å². The van der Waals surface area contributed by atoms with Crippen LogP contribution in [0, 0.1) is 10.7 Å². The summed E-state index contributed by atoms with van der Waals surface area (Å²) < 4.78 is 40.7. The molecule has 0 fully saturated rings. The molecule has 0 amide bonds. The van der Waals surface area contributed by atoms with Crippen molar-refractivity contribution in [2.75, 3.05) is 0 Å². The van der Waals surface area contributed by atoms with Crippen LogP contribution in [0.3, 0.4) is 0 Å². The third-order valence-corrected chi connectivity index (χ3v) is 8.50. The van der Waals surface area contributed by atoms with Gasteiger partial charge in [0.25, 0.3) is 10.1 Å². The smallest absolute Gasteiger partial charge is 0.344 e. The fourth-order valence-corrected chi connectivity index (χ4v) is 5.99. The Morgan fingerprint density at radius 2 is 1.76 bits per heavy atom. The normalized spacial score (nSPS) is 13.6. The Morgan fingerprint density at radius 1 is 1.08 bits per heavy atom. The van der Waals surface area contributed by atoms with E-state index in [-0.39, 0.29) is 4.90 Å². The van der Waals surface area contributed by atoms with E-state index in [4.69, 9.17) is 4.74 Å². The molecule has 2 aromatic rings. The third kappa shape index (κ3) is 4.14. The lowest BCUT2D eigenvalue weighted by Gasteiger charge is -2.13. The van der Waals surface area contributed by atoms with Crippen LogP contribution in [-0.4, -0.2) is 18.9 Å². The Bertz CT molecular complexity index is 986. The molecular formula is C16H11I3O5S. The van der Waals surface area contributed by atoms with Gasteiger partial charge in [-0.1, -0.05) is 0 Å². The van der Waals surface area contributed by atoms with Gasteiger partial charge < -0.3 is 4.74 Å². The monoisotopic (exact) mass is 696 g/mol. The van der Waals surface area contributed by atoms with Gasteiger partial charge in [0.1, 0.15) is 5.75 Å². The number of hydrogen-bond acceptors (Lipinski definition) is 4. The van der Waals surface area contributed by atoms with Gasteiger partial charge in [-0.25, -0.2) is 4.79 Å². The first-order chi connectivity index (χ1) is 11.7. The molecule has 0 saturated carbocycles. The van der Waals surface area contributed by atoms with E-state index in [1.54, 1.807) is 6.07 Å². The van der Waals surface area contributed by atoms with E-state index in [2.05, 4.69) is 67.8 Å². The van der Waals surface area contributed by atoms with Crippen LogP contribution in [0.2, 0.25) is 0 Å². The quantitative estimate of drug-likeness (QED) is 0.169. The van der Waals surface area contributed by atoms with Crippen molar-refractivity contribution in [1.82, 2.24) is 0 Å². The third-order valence-electron chi connectivity index (χ3n) is 3.89. The van der Waals surface area contributed by atoms with E-state index in [9.17, 15) is 17.8 Å². The van der Waals surface area contributed by atoms with Crippen molar-refractivity contribution in [1.29, 1.82) is 0 Å². The standard InChI is InChI=1S/C16H11I3O5S/c17-8-6-11(15(19)12(18)7-8)16(20)24-13-4-5-14(25(21,22)23)10-3-1-2-9(10)13/h4-7H,1-3H2,(H,21,22,23). The number of carbonyl (C=O) groups is 1. The lowest BCUT2D eigenvalue weighted by atomic mass is 10.1. The predicted octanol–water partition coefficient (Wildman–Crippen LogP) is 4.46. The molecule has 0 radical (unpaired) electrons. The summed E-state index contributed by atoms with van der Waals surface area (Å²) >= 11 is 6.42. The van der Waals surface area contributed by atoms with Gasteiger partial charge in [0.15, 0.2) is 0 Å². The van der Waals surface area contributed by atoms with Crippen LogP contribution in [-0.2, 0) is 23.0 Å². The van der Waals surface area contributed by atoms with Crippen molar-refractivity contribution in [2.24, 2.45) is 0 Å². The zero-order valence-corrected chi connectivity index (χ0v) is 19.8. The Balaban J connectivity index is 2.00. The van der Waals surface area contributed by atoms with Gasteiger partial charge in [0.05, 0.1) is 10.5 Å². The van der Waals surface area contributed by atoms with Crippen LogP contribution < -0.4 is 4.74 Å². The minimum Gasteiger partial charge on any atom is -0.423 e. The average Bonchev–Trinajstić information content (AvgIpc) is 2.99. The molecule has 1 N–H and O–H groups in total. The van der Waals surface area contributed by atoms with Gasteiger partial charge in [-0.05, 0) is 122 Å². The molecular weight excluding hydrogens is 685 g/mol. The number of benzene rings is 2. The van der Waals surface area contributed by atoms with E-state index >= 15 is 0 Å². The summed E-state index contributed by atoms with van der Waals surface area (Å²) in [6.45, 7) is 0. The van der Waals surface area contributed by atoms with E-state index in [0.717, 1.165) is 17.1 Å². The van der Waals surface area contributed by atoms with Crippen LogP contribution >= 0.6 is 67.8 Å². The van der Waals surface area contributed by atoms with Crippen LogP contribution in [0.1, 0.15) is 27.9 Å². The molecule has 0 heterocycles. The van der Waals surface area contributed by atoms with Gasteiger partial charge in [-0.2, -0.15) is 8.42 Å². The SMILES string of the molecule is O=C(Oc1ccc(S(=O)(=O)O)c2c1CCC2)c1cc(I)cc(I)c1I. The summed E-state index contributed by atoms with van der Waals surface area (Å²) in [6, 6.07) is 6.47. The summed E-state index contributed by atoms with van der Waals surface area (Å²) in [7, 11) is -4.29. The molecule has 0 bridgehead atoms. The number of fused-ring (bicyclic) bond motifs is 1. The highest BCUT2D eigenvalue weighted by Crippen LogP contribution is 2.36. The fourth-order valence-electron chi connectivity index (χ4n) is 2.84. The summed E-state index contributed by atoms with van der Waals surface area (Å²) in [4.78, 5) is 12.5. The molecule has 0 aromatic heterocycles. The summed E-state index contributed by atoms with van der Waals surface area (Å²) in [5, 5.41) is 0. The van der Waals surface area contributed by atoms with Crippen molar-refractivity contribution < 1.29 is 22.5 Å². The van der Waals surface area contributed by atoms with Gasteiger partial charge in [-0.15, -0.1) is 0 Å². The maximum Gasteiger partial charge on any atom is 0.344 e. The number of carbonyl (C=O) groups excluding carboxylic acids is 1. The number of halogens is 3. The first-order valence-electron chi connectivity index (χ1n) is 7.17. The largest absolute Gasteiger partial charge is 0.423 e. The van der Waals surface area contributed by atoms with Crippen LogP contribution in [0.25, 0.3) is 0 Å². The minimum absolute atomic E-state index is 0.0989. The summed E-state index contributed by atoms with van der Waals surface area (Å²) in [6.07, 6.45) is 1.90. The van der Waals surface area contributed by atoms with Gasteiger partial charge in [-0.3, -0.25) is 4.55 Å². The first kappa shape index (κ1) is 19.8. The molecule has 1 aliphatic rings. The maximum absolute atomic E-state index is 12.6. The van der Waals surface area contributed by atoms with Gasteiger partial charge in [0, 0.05) is 10.7 Å². The number of rotatable bonds is 3. The highest BCUT2D eigenvalue weighted by Gasteiger charge is 2.26. The summed E-state index contributed by atoms with van der Waals surface area (Å²) in [5.41, 5.74) is 1.70. The minimum atomic E-state index is -4.29. The molecule has 0 spiro atoms. The molecule has 9 heteroatoms. The van der Waals surface area contributed by atoms with Crippen molar-refractivity contribution >= 4 is 83.9 Å². The predicted molar refractivity (Wildman–Crippen MR) is 118 cm³/mol. The van der Waals surface area contributed by atoms with Crippen LogP contribution in [0.5, 0.6) is 5.75 Å².